The molecule has 0 saturated carbocycles. The second-order valence-electron chi connectivity index (χ2n) is 5.44. The van der Waals surface area contributed by atoms with Crippen LogP contribution in [0.5, 0.6) is 0 Å². The number of fused-ring (bicyclic) bond motifs is 1. The molecule has 3 N–H and O–H groups in total. The molecule has 1 heterocycles. The number of aryl methyl sites for hydroxylation is 1. The van der Waals surface area contributed by atoms with E-state index < -0.39 is 5.97 Å². The summed E-state index contributed by atoms with van der Waals surface area (Å²) in [7, 11) is 0. The fourth-order valence-corrected chi connectivity index (χ4v) is 2.75. The second kappa shape index (κ2) is 5.61. The summed E-state index contributed by atoms with van der Waals surface area (Å²) in [5.74, 6) is -1.15. The number of benzene rings is 2. The van der Waals surface area contributed by atoms with Crippen LogP contribution < -0.4 is 5.32 Å². The molecule has 0 saturated heterocycles. The van der Waals surface area contributed by atoms with Gasteiger partial charge in [-0.3, -0.25) is 4.79 Å². The Morgan fingerprint density at radius 1 is 1.09 bits per heavy atom. The number of aromatic amines is 1. The van der Waals surface area contributed by atoms with Crippen LogP contribution in [-0.2, 0) is 4.79 Å². The number of para-hydroxylation sites is 1. The zero-order chi connectivity index (χ0) is 16.6. The van der Waals surface area contributed by atoms with E-state index >= 15 is 0 Å². The van der Waals surface area contributed by atoms with Crippen LogP contribution in [0.3, 0.4) is 0 Å². The van der Waals surface area contributed by atoms with Crippen LogP contribution in [0.25, 0.3) is 22.0 Å². The van der Waals surface area contributed by atoms with E-state index in [1.807, 2.05) is 37.3 Å². The number of hydrogen-bond acceptors (Lipinski definition) is 2. The summed E-state index contributed by atoms with van der Waals surface area (Å²) in [5, 5.41) is 13.1. The molecule has 0 unspecified atom stereocenters. The van der Waals surface area contributed by atoms with Gasteiger partial charge in [0.2, 0.25) is 5.91 Å². The third-order valence-electron chi connectivity index (χ3n) is 3.75. The van der Waals surface area contributed by atoms with Crippen molar-refractivity contribution in [3.05, 3.63) is 53.7 Å². The van der Waals surface area contributed by atoms with E-state index in [1.54, 1.807) is 12.1 Å². The summed E-state index contributed by atoms with van der Waals surface area (Å²) in [6, 6.07) is 12.9. The number of carboxylic acid groups (broad SMARTS) is 1. The van der Waals surface area contributed by atoms with Crippen molar-refractivity contribution in [1.29, 1.82) is 0 Å². The third-order valence-corrected chi connectivity index (χ3v) is 3.75. The first kappa shape index (κ1) is 14.8. The van der Waals surface area contributed by atoms with E-state index in [0.717, 1.165) is 22.0 Å². The largest absolute Gasteiger partial charge is 0.477 e. The number of aromatic nitrogens is 1. The van der Waals surface area contributed by atoms with Crippen molar-refractivity contribution in [2.75, 3.05) is 5.32 Å². The van der Waals surface area contributed by atoms with Gasteiger partial charge in [-0.2, -0.15) is 0 Å². The average molecular weight is 308 g/mol. The van der Waals surface area contributed by atoms with Crippen LogP contribution in [0.15, 0.2) is 42.5 Å². The fourth-order valence-electron chi connectivity index (χ4n) is 2.75. The van der Waals surface area contributed by atoms with Crippen molar-refractivity contribution < 1.29 is 14.7 Å². The molecule has 5 heteroatoms. The molecule has 2 aromatic carbocycles. The summed E-state index contributed by atoms with van der Waals surface area (Å²) in [4.78, 5) is 25.7. The van der Waals surface area contributed by atoms with E-state index in [9.17, 15) is 14.7 Å². The topological polar surface area (TPSA) is 82.2 Å². The number of carbonyl (C=O) groups is 2. The van der Waals surface area contributed by atoms with E-state index in [1.165, 1.54) is 6.92 Å². The number of carbonyl (C=O) groups excluding carboxylic acids is 1. The Morgan fingerprint density at radius 3 is 2.39 bits per heavy atom. The van der Waals surface area contributed by atoms with Gasteiger partial charge in [-0.05, 0) is 30.2 Å². The lowest BCUT2D eigenvalue weighted by molar-refractivity contribution is -0.114. The molecule has 1 amide bonds. The number of amides is 1. The van der Waals surface area contributed by atoms with E-state index in [2.05, 4.69) is 10.3 Å². The molecule has 5 nitrogen and oxygen atoms in total. The first-order chi connectivity index (χ1) is 11.0. The lowest BCUT2D eigenvalue weighted by Crippen LogP contribution is -2.05. The molecule has 3 aromatic rings. The van der Waals surface area contributed by atoms with Gasteiger partial charge in [-0.15, -0.1) is 0 Å². The van der Waals surface area contributed by atoms with E-state index in [0.29, 0.717) is 11.3 Å². The second-order valence-corrected chi connectivity index (χ2v) is 5.44. The summed E-state index contributed by atoms with van der Waals surface area (Å²) in [6.45, 7) is 3.38. The van der Waals surface area contributed by atoms with Crippen molar-refractivity contribution in [2.45, 2.75) is 13.8 Å². The molecule has 23 heavy (non-hydrogen) atoms. The van der Waals surface area contributed by atoms with Gasteiger partial charge >= 0.3 is 5.97 Å². The van der Waals surface area contributed by atoms with E-state index in [-0.39, 0.29) is 11.6 Å². The zero-order valence-electron chi connectivity index (χ0n) is 12.8. The molecule has 0 bridgehead atoms. The predicted molar refractivity (Wildman–Crippen MR) is 89.7 cm³/mol. The number of nitrogens with one attached hydrogen (secondary N) is 2. The van der Waals surface area contributed by atoms with Crippen LogP contribution >= 0.6 is 0 Å². The van der Waals surface area contributed by atoms with Crippen LogP contribution in [0.2, 0.25) is 0 Å². The van der Waals surface area contributed by atoms with Crippen molar-refractivity contribution in [3.63, 3.8) is 0 Å². The summed E-state index contributed by atoms with van der Waals surface area (Å²) >= 11 is 0. The molecular formula is C18H16N2O3. The van der Waals surface area contributed by atoms with Crippen molar-refractivity contribution in [3.8, 4) is 11.1 Å². The van der Waals surface area contributed by atoms with Crippen molar-refractivity contribution in [1.82, 2.24) is 4.98 Å². The summed E-state index contributed by atoms with van der Waals surface area (Å²) in [5.41, 5.74) is 4.10. The van der Waals surface area contributed by atoms with Crippen LogP contribution in [0.4, 0.5) is 5.69 Å². The number of carboxylic acids is 1. The van der Waals surface area contributed by atoms with Crippen molar-refractivity contribution >= 4 is 28.5 Å². The minimum atomic E-state index is -0.999. The number of aromatic carboxylic acids is 1. The van der Waals surface area contributed by atoms with Crippen LogP contribution in [0, 0.1) is 6.92 Å². The quantitative estimate of drug-likeness (QED) is 0.688. The van der Waals surface area contributed by atoms with Crippen LogP contribution in [-0.4, -0.2) is 22.0 Å². The Hall–Kier alpha value is -3.08. The normalized spacial score (nSPS) is 10.7. The maximum Gasteiger partial charge on any atom is 0.352 e. The van der Waals surface area contributed by atoms with Crippen molar-refractivity contribution in [2.24, 2.45) is 0 Å². The monoisotopic (exact) mass is 308 g/mol. The van der Waals surface area contributed by atoms with Gasteiger partial charge in [0.15, 0.2) is 0 Å². The average Bonchev–Trinajstić information content (AvgIpc) is 2.89. The summed E-state index contributed by atoms with van der Waals surface area (Å²) < 4.78 is 0. The SMILES string of the molecule is CC(=O)Nc1ccc(-c2c(C(=O)O)[nH]c3c(C)cccc23)cc1. The number of H-pyrrole nitrogens is 1. The van der Waals surface area contributed by atoms with Crippen LogP contribution in [0.1, 0.15) is 23.0 Å². The first-order valence-corrected chi connectivity index (χ1v) is 7.20. The van der Waals surface area contributed by atoms with Gasteiger partial charge in [0, 0.05) is 29.1 Å². The Labute approximate surface area is 133 Å². The maximum atomic E-state index is 11.6. The molecule has 116 valence electrons. The summed E-state index contributed by atoms with van der Waals surface area (Å²) in [6.07, 6.45) is 0. The number of hydrogen-bond donors (Lipinski definition) is 3. The highest BCUT2D eigenvalue weighted by Crippen LogP contribution is 2.34. The molecule has 0 spiro atoms. The zero-order valence-corrected chi connectivity index (χ0v) is 12.8. The van der Waals surface area contributed by atoms with Gasteiger partial charge in [-0.1, -0.05) is 30.3 Å². The Bertz CT molecular complexity index is 908. The minimum absolute atomic E-state index is 0.147. The first-order valence-electron chi connectivity index (χ1n) is 7.20. The lowest BCUT2D eigenvalue weighted by Gasteiger charge is -2.05. The molecule has 0 aliphatic rings. The molecule has 0 atom stereocenters. The van der Waals surface area contributed by atoms with Gasteiger partial charge in [0.25, 0.3) is 0 Å². The number of rotatable bonds is 3. The molecule has 0 fully saturated rings. The van der Waals surface area contributed by atoms with Gasteiger partial charge < -0.3 is 15.4 Å². The number of anilines is 1. The van der Waals surface area contributed by atoms with Gasteiger partial charge in [0.1, 0.15) is 5.69 Å². The van der Waals surface area contributed by atoms with Gasteiger partial charge in [-0.25, -0.2) is 4.79 Å². The lowest BCUT2D eigenvalue weighted by atomic mass is 10.0. The predicted octanol–water partition coefficient (Wildman–Crippen LogP) is 3.80. The van der Waals surface area contributed by atoms with E-state index in [4.69, 9.17) is 0 Å². The Morgan fingerprint density at radius 2 is 1.78 bits per heavy atom. The van der Waals surface area contributed by atoms with Gasteiger partial charge in [0.05, 0.1) is 0 Å². The Kier molecular flexibility index (Phi) is 3.62. The third kappa shape index (κ3) is 2.68. The molecule has 0 radical (unpaired) electrons. The smallest absolute Gasteiger partial charge is 0.352 e. The highest BCUT2D eigenvalue weighted by molar-refractivity contribution is 6.08. The fraction of sp³-hybridized carbons (Fsp3) is 0.111. The molecule has 0 aliphatic carbocycles. The molecule has 3 rings (SSSR count). The standard InChI is InChI=1S/C18H16N2O3/c1-10-4-3-5-14-15(17(18(22)23)20-16(10)14)12-6-8-13(9-7-12)19-11(2)21/h3-9,20H,1-2H3,(H,19,21)(H,22,23). The Balaban J connectivity index is 2.18. The molecule has 0 aliphatic heterocycles. The molecule has 1 aromatic heterocycles. The molecular weight excluding hydrogens is 292 g/mol. The highest BCUT2D eigenvalue weighted by atomic mass is 16.4. The minimum Gasteiger partial charge on any atom is -0.477 e. The highest BCUT2D eigenvalue weighted by Gasteiger charge is 2.19. The maximum absolute atomic E-state index is 11.6.